The molecule has 0 saturated carbocycles. The molecule has 0 fully saturated rings. The first-order valence-electron chi connectivity index (χ1n) is 8.27. The van der Waals surface area contributed by atoms with Gasteiger partial charge in [0, 0.05) is 36.3 Å². The Balaban J connectivity index is 1.92. The number of nitrogens with zero attached hydrogens (tertiary/aromatic N) is 5. The molecule has 152 valence electrons. The predicted octanol–water partition coefficient (Wildman–Crippen LogP) is 1.23. The molecule has 1 aromatic carbocycles. The molecular weight excluding hydrogens is 420 g/mol. The molecular formula is C17H17ClN6O4S. The Morgan fingerprint density at radius 1 is 1.24 bits per heavy atom. The van der Waals surface area contributed by atoms with Crippen molar-refractivity contribution in [2.45, 2.75) is 10.9 Å². The highest BCUT2D eigenvalue weighted by Gasteiger charge is 2.23. The maximum Gasteiger partial charge on any atom is 0.252 e. The van der Waals surface area contributed by atoms with E-state index in [-0.39, 0.29) is 28.0 Å². The second-order valence-corrected chi connectivity index (χ2v) is 8.46. The van der Waals surface area contributed by atoms with Crippen LogP contribution in [0.25, 0.3) is 5.95 Å². The minimum atomic E-state index is -3.54. The van der Waals surface area contributed by atoms with E-state index in [1.807, 2.05) is 0 Å². The second-order valence-electron chi connectivity index (χ2n) is 6.01. The molecule has 1 amide bonds. The molecule has 3 aromatic rings. The first-order valence-corrected chi connectivity index (χ1v) is 10.5. The van der Waals surface area contributed by atoms with Crippen molar-refractivity contribution in [3.63, 3.8) is 0 Å². The van der Waals surface area contributed by atoms with Crippen LogP contribution in [0.5, 0.6) is 0 Å². The zero-order valence-electron chi connectivity index (χ0n) is 15.5. The lowest BCUT2D eigenvalue weighted by molar-refractivity contribution is 0.0890. The summed E-state index contributed by atoms with van der Waals surface area (Å²) in [6.07, 6.45) is 5.45. The van der Waals surface area contributed by atoms with Crippen LogP contribution in [0.15, 0.2) is 47.9 Å². The van der Waals surface area contributed by atoms with Gasteiger partial charge < -0.3 is 10.1 Å². The Kier molecular flexibility index (Phi) is 6.20. The highest BCUT2D eigenvalue weighted by atomic mass is 35.5. The smallest absolute Gasteiger partial charge is 0.252 e. The molecule has 0 saturated heterocycles. The van der Waals surface area contributed by atoms with Gasteiger partial charge in [-0.2, -0.15) is 9.78 Å². The molecule has 0 unspecified atom stereocenters. The van der Waals surface area contributed by atoms with Gasteiger partial charge in [0.2, 0.25) is 0 Å². The van der Waals surface area contributed by atoms with E-state index in [2.05, 4.69) is 25.4 Å². The summed E-state index contributed by atoms with van der Waals surface area (Å²) >= 11 is 5.99. The molecule has 29 heavy (non-hydrogen) atoms. The Hall–Kier alpha value is -2.89. The van der Waals surface area contributed by atoms with Crippen molar-refractivity contribution >= 4 is 27.3 Å². The minimum absolute atomic E-state index is 0.0562. The molecule has 10 nitrogen and oxygen atoms in total. The van der Waals surface area contributed by atoms with Crippen LogP contribution in [0, 0.1) is 0 Å². The van der Waals surface area contributed by atoms with Crippen molar-refractivity contribution in [1.82, 2.24) is 30.0 Å². The normalized spacial score (nSPS) is 12.5. The third kappa shape index (κ3) is 4.94. The van der Waals surface area contributed by atoms with Crippen molar-refractivity contribution in [2.24, 2.45) is 0 Å². The van der Waals surface area contributed by atoms with Crippen LogP contribution in [0.2, 0.25) is 5.02 Å². The number of benzene rings is 1. The number of hydrogen-bond donors (Lipinski definition) is 1. The molecule has 3 rings (SSSR count). The van der Waals surface area contributed by atoms with Crippen molar-refractivity contribution in [3.8, 4) is 5.95 Å². The maximum absolute atomic E-state index is 12.8. The van der Waals surface area contributed by atoms with Crippen LogP contribution in [-0.4, -0.2) is 59.0 Å². The van der Waals surface area contributed by atoms with Gasteiger partial charge in [0.1, 0.15) is 12.4 Å². The molecule has 1 N–H and O–H groups in total. The van der Waals surface area contributed by atoms with Gasteiger partial charge in [-0.05, 0) is 24.3 Å². The minimum Gasteiger partial charge on any atom is -0.382 e. The van der Waals surface area contributed by atoms with Crippen LogP contribution < -0.4 is 5.32 Å². The summed E-state index contributed by atoms with van der Waals surface area (Å²) in [6.45, 7) is 0.0801. The molecule has 1 atom stereocenters. The van der Waals surface area contributed by atoms with Crippen LogP contribution in [0.3, 0.4) is 0 Å². The molecule has 0 radical (unpaired) electrons. The second kappa shape index (κ2) is 8.64. The van der Waals surface area contributed by atoms with Gasteiger partial charge in [-0.15, -0.1) is 0 Å². The fraction of sp³-hybridized carbons (Fsp3) is 0.235. The molecule has 0 aliphatic rings. The summed E-state index contributed by atoms with van der Waals surface area (Å²) in [7, 11) is -2.07. The van der Waals surface area contributed by atoms with Crippen LogP contribution >= 0.6 is 11.6 Å². The summed E-state index contributed by atoms with van der Waals surface area (Å²) < 4.78 is 30.2. The van der Waals surface area contributed by atoms with E-state index in [1.54, 1.807) is 18.5 Å². The lowest BCUT2D eigenvalue weighted by Gasteiger charge is -2.18. The highest BCUT2D eigenvalue weighted by Crippen LogP contribution is 2.20. The van der Waals surface area contributed by atoms with Crippen molar-refractivity contribution in [2.75, 3.05) is 20.0 Å². The number of sulfone groups is 1. The summed E-state index contributed by atoms with van der Waals surface area (Å²) in [4.78, 5) is 25.2. The van der Waals surface area contributed by atoms with Gasteiger partial charge in [-0.25, -0.2) is 23.4 Å². The molecule has 2 heterocycles. The number of carbonyl (C=O) groups is 1. The van der Waals surface area contributed by atoms with E-state index in [9.17, 15) is 13.2 Å². The number of halogens is 1. The first-order chi connectivity index (χ1) is 13.8. The van der Waals surface area contributed by atoms with Gasteiger partial charge in [0.15, 0.2) is 15.7 Å². The maximum atomic E-state index is 12.8. The lowest BCUT2D eigenvalue weighted by atomic mass is 10.2. The zero-order valence-corrected chi connectivity index (χ0v) is 17.1. The summed E-state index contributed by atoms with van der Waals surface area (Å²) in [5, 5.41) is 6.99. The molecule has 12 heteroatoms. The quantitative estimate of drug-likeness (QED) is 0.585. The summed E-state index contributed by atoms with van der Waals surface area (Å²) in [5.41, 5.74) is 0.0843. The van der Waals surface area contributed by atoms with Crippen molar-refractivity contribution < 1.29 is 17.9 Å². The van der Waals surface area contributed by atoms with E-state index in [1.165, 1.54) is 36.3 Å². The molecule has 2 aromatic heterocycles. The van der Waals surface area contributed by atoms with Crippen LogP contribution in [0.4, 0.5) is 0 Å². The number of aromatic nitrogens is 5. The van der Waals surface area contributed by atoms with Crippen LogP contribution in [-0.2, 0) is 14.6 Å². The third-order valence-electron chi connectivity index (χ3n) is 3.83. The number of carbonyl (C=O) groups excluding carboxylic acids is 1. The van der Waals surface area contributed by atoms with E-state index in [4.69, 9.17) is 16.3 Å². The standard InChI is InChI=1S/C17H17ClN6O4S/c1-28-9-14(15-21-10-22-24(15)17-19-4-3-5-20-17)23-16(25)11-6-12(18)8-13(7-11)29(2,26)27/h3-8,10,14H,9H2,1-2H3,(H,23,25)/t14-/m0/s1. The fourth-order valence-corrected chi connectivity index (χ4v) is 3.52. The largest absolute Gasteiger partial charge is 0.382 e. The molecule has 0 aliphatic carbocycles. The number of nitrogens with one attached hydrogen (secondary N) is 1. The summed E-state index contributed by atoms with van der Waals surface area (Å²) in [6, 6.07) is 4.86. The van der Waals surface area contributed by atoms with Crippen molar-refractivity contribution in [3.05, 3.63) is 59.4 Å². The Morgan fingerprint density at radius 3 is 2.62 bits per heavy atom. The van der Waals surface area contributed by atoms with Crippen molar-refractivity contribution in [1.29, 1.82) is 0 Å². The number of amides is 1. The Morgan fingerprint density at radius 2 is 1.97 bits per heavy atom. The van der Waals surface area contributed by atoms with Gasteiger partial charge in [-0.1, -0.05) is 11.6 Å². The van der Waals surface area contributed by atoms with Gasteiger partial charge in [-0.3, -0.25) is 4.79 Å². The number of rotatable bonds is 7. The Bertz CT molecular complexity index is 1120. The highest BCUT2D eigenvalue weighted by molar-refractivity contribution is 7.90. The molecule has 0 spiro atoms. The predicted molar refractivity (Wildman–Crippen MR) is 104 cm³/mol. The van der Waals surface area contributed by atoms with Crippen LogP contribution in [0.1, 0.15) is 22.2 Å². The van der Waals surface area contributed by atoms with Gasteiger partial charge in [0.25, 0.3) is 11.9 Å². The monoisotopic (exact) mass is 436 g/mol. The van der Waals surface area contributed by atoms with E-state index in [0.717, 1.165) is 6.26 Å². The Labute approximate surface area is 171 Å². The van der Waals surface area contributed by atoms with E-state index < -0.39 is 21.8 Å². The number of methoxy groups -OCH3 is 1. The topological polar surface area (TPSA) is 129 Å². The average molecular weight is 437 g/mol. The summed E-state index contributed by atoms with van der Waals surface area (Å²) in [5.74, 6) is 0.0669. The fourth-order valence-electron chi connectivity index (χ4n) is 2.54. The average Bonchev–Trinajstić information content (AvgIpc) is 3.17. The molecule has 0 bridgehead atoms. The van der Waals surface area contributed by atoms with E-state index >= 15 is 0 Å². The van der Waals surface area contributed by atoms with Gasteiger partial charge >= 0.3 is 0 Å². The third-order valence-corrected chi connectivity index (χ3v) is 5.14. The number of hydrogen-bond acceptors (Lipinski definition) is 8. The number of ether oxygens (including phenoxy) is 1. The van der Waals surface area contributed by atoms with Gasteiger partial charge in [0.05, 0.1) is 11.5 Å². The SMILES string of the molecule is COC[C@H](NC(=O)c1cc(Cl)cc(S(C)(=O)=O)c1)c1ncnn1-c1ncccn1. The molecule has 0 aliphatic heterocycles. The first kappa shape index (κ1) is 20.8. The van der Waals surface area contributed by atoms with E-state index in [0.29, 0.717) is 5.82 Å². The zero-order chi connectivity index (χ0) is 21.0. The lowest BCUT2D eigenvalue weighted by Crippen LogP contribution is -2.33.